The van der Waals surface area contributed by atoms with Crippen LogP contribution >= 0.6 is 0 Å². The quantitative estimate of drug-likeness (QED) is 0.580. The van der Waals surface area contributed by atoms with Crippen molar-refractivity contribution in [1.82, 2.24) is 10.3 Å². The lowest BCUT2D eigenvalue weighted by Crippen LogP contribution is -2.40. The molecule has 1 unspecified atom stereocenters. The van der Waals surface area contributed by atoms with Crippen LogP contribution in [0.2, 0.25) is 0 Å². The summed E-state index contributed by atoms with van der Waals surface area (Å²) >= 11 is 0. The largest absolute Gasteiger partial charge is 0.466 e. The number of Topliss-reactive ketones (excluding diaryl/α,β-unsaturated/α-hetero) is 1. The van der Waals surface area contributed by atoms with Crippen molar-refractivity contribution in [3.63, 3.8) is 0 Å². The van der Waals surface area contributed by atoms with Crippen LogP contribution in [0.1, 0.15) is 45.6 Å². The standard InChI is InChI=1S/C29H30N2O3/c1-17-25(28(33)34-4)26(27-23(31-17)15-29(2,3)16-24(27)32)21-8-6-5-7-18(14-21)19-9-10-22-20(13-19)11-12-30-22/h5-7,9-14,26,30-31H,8,15-16H2,1-4H3. The van der Waals surface area contributed by atoms with Crippen molar-refractivity contribution in [2.24, 2.45) is 11.3 Å². The van der Waals surface area contributed by atoms with Crippen molar-refractivity contribution in [1.29, 1.82) is 0 Å². The van der Waals surface area contributed by atoms with E-state index in [1.807, 2.05) is 13.1 Å². The van der Waals surface area contributed by atoms with Crippen molar-refractivity contribution < 1.29 is 14.3 Å². The first-order chi connectivity index (χ1) is 16.3. The van der Waals surface area contributed by atoms with E-state index >= 15 is 0 Å². The lowest BCUT2D eigenvalue weighted by atomic mass is 9.68. The van der Waals surface area contributed by atoms with Crippen LogP contribution in [0.25, 0.3) is 16.5 Å². The minimum Gasteiger partial charge on any atom is -0.466 e. The van der Waals surface area contributed by atoms with Gasteiger partial charge < -0.3 is 15.0 Å². The number of esters is 1. The van der Waals surface area contributed by atoms with Crippen LogP contribution in [0.5, 0.6) is 0 Å². The Kier molecular flexibility index (Phi) is 5.43. The van der Waals surface area contributed by atoms with Crippen molar-refractivity contribution in [2.45, 2.75) is 40.0 Å². The second-order valence-corrected chi connectivity index (χ2v) is 10.2. The minimum atomic E-state index is -0.422. The Bertz CT molecular complexity index is 1360. The van der Waals surface area contributed by atoms with Crippen LogP contribution in [0.15, 0.2) is 82.9 Å². The summed E-state index contributed by atoms with van der Waals surface area (Å²) in [4.78, 5) is 29.7. The second-order valence-electron chi connectivity index (χ2n) is 10.2. The highest BCUT2D eigenvalue weighted by atomic mass is 16.5. The Balaban J connectivity index is 1.65. The third kappa shape index (κ3) is 3.85. The Morgan fingerprint density at radius 3 is 2.79 bits per heavy atom. The zero-order valence-electron chi connectivity index (χ0n) is 20.1. The van der Waals surface area contributed by atoms with E-state index in [2.05, 4.69) is 72.7 Å². The number of hydrogen-bond donors (Lipinski definition) is 2. The van der Waals surface area contributed by atoms with Gasteiger partial charge in [-0.25, -0.2) is 4.79 Å². The van der Waals surface area contributed by atoms with Gasteiger partial charge in [0.05, 0.1) is 12.7 Å². The highest BCUT2D eigenvalue weighted by Crippen LogP contribution is 2.46. The molecule has 1 aromatic carbocycles. The van der Waals surface area contributed by atoms with E-state index in [4.69, 9.17) is 4.74 Å². The molecule has 2 heterocycles. The number of H-pyrrole nitrogens is 1. The number of nitrogens with one attached hydrogen (secondary N) is 2. The summed E-state index contributed by atoms with van der Waals surface area (Å²) in [5, 5.41) is 4.53. The Hall–Kier alpha value is -3.60. The first-order valence-corrected chi connectivity index (χ1v) is 11.7. The molecule has 2 N–H and O–H groups in total. The summed E-state index contributed by atoms with van der Waals surface area (Å²) in [5.41, 5.74) is 7.08. The van der Waals surface area contributed by atoms with Gasteiger partial charge in [0, 0.05) is 41.0 Å². The summed E-state index contributed by atoms with van der Waals surface area (Å²) in [7, 11) is 1.40. The van der Waals surface area contributed by atoms with Crippen LogP contribution in [0, 0.1) is 11.3 Å². The molecule has 5 rings (SSSR count). The van der Waals surface area contributed by atoms with E-state index in [1.54, 1.807) is 0 Å². The molecular formula is C29H30N2O3. The van der Waals surface area contributed by atoms with Crippen molar-refractivity contribution in [3.05, 3.63) is 88.4 Å². The third-order valence-electron chi connectivity index (χ3n) is 7.01. The van der Waals surface area contributed by atoms with Gasteiger partial charge in [-0.2, -0.15) is 0 Å². The molecule has 2 aliphatic carbocycles. The van der Waals surface area contributed by atoms with E-state index in [9.17, 15) is 9.59 Å². The molecule has 174 valence electrons. The Labute approximate surface area is 200 Å². The number of ketones is 1. The molecule has 0 saturated carbocycles. The highest BCUT2D eigenvalue weighted by molar-refractivity contribution is 6.03. The normalized spacial score (nSPS) is 22.1. The summed E-state index contributed by atoms with van der Waals surface area (Å²) < 4.78 is 5.19. The lowest BCUT2D eigenvalue weighted by Gasteiger charge is -2.40. The van der Waals surface area contributed by atoms with Crippen LogP contribution in [-0.4, -0.2) is 23.8 Å². The third-order valence-corrected chi connectivity index (χ3v) is 7.01. The average molecular weight is 455 g/mol. The predicted octanol–water partition coefficient (Wildman–Crippen LogP) is 5.75. The van der Waals surface area contributed by atoms with Gasteiger partial charge in [-0.3, -0.25) is 4.79 Å². The summed E-state index contributed by atoms with van der Waals surface area (Å²) in [5.74, 6) is -0.715. The van der Waals surface area contributed by atoms with Gasteiger partial charge in [0.15, 0.2) is 5.78 Å². The number of aromatic nitrogens is 1. The van der Waals surface area contributed by atoms with Gasteiger partial charge in [0.1, 0.15) is 0 Å². The predicted molar refractivity (Wildman–Crippen MR) is 135 cm³/mol. The Morgan fingerprint density at radius 2 is 2.00 bits per heavy atom. The van der Waals surface area contributed by atoms with Crippen LogP contribution in [0.3, 0.4) is 0 Å². The first kappa shape index (κ1) is 22.2. The lowest BCUT2D eigenvalue weighted by molar-refractivity contribution is -0.136. The van der Waals surface area contributed by atoms with Gasteiger partial charge in [-0.15, -0.1) is 0 Å². The van der Waals surface area contributed by atoms with E-state index < -0.39 is 11.9 Å². The number of ether oxygens (including phenoxy) is 1. The van der Waals surface area contributed by atoms with Crippen molar-refractivity contribution in [2.75, 3.05) is 7.11 Å². The van der Waals surface area contributed by atoms with Crippen molar-refractivity contribution in [3.8, 4) is 0 Å². The fourth-order valence-electron chi connectivity index (χ4n) is 5.48. The molecule has 0 spiro atoms. The first-order valence-electron chi connectivity index (χ1n) is 11.7. The Morgan fingerprint density at radius 1 is 1.18 bits per heavy atom. The molecular weight excluding hydrogens is 424 g/mol. The summed E-state index contributed by atoms with van der Waals surface area (Å²) in [6.07, 6.45) is 12.2. The number of methoxy groups -OCH3 is 1. The smallest absolute Gasteiger partial charge is 0.336 e. The molecule has 1 aromatic heterocycles. The fraction of sp³-hybridized carbons (Fsp3) is 0.310. The van der Waals surface area contributed by atoms with Gasteiger partial charge in [-0.05, 0) is 59.9 Å². The molecule has 0 amide bonds. The van der Waals surface area contributed by atoms with Crippen LogP contribution < -0.4 is 5.32 Å². The average Bonchev–Trinajstić information content (AvgIpc) is 3.12. The maximum atomic E-state index is 13.5. The molecule has 0 saturated heterocycles. The molecule has 3 aliphatic rings. The highest BCUT2D eigenvalue weighted by Gasteiger charge is 2.43. The summed E-state index contributed by atoms with van der Waals surface area (Å²) in [6.45, 7) is 6.14. The van der Waals surface area contributed by atoms with Gasteiger partial charge >= 0.3 is 5.97 Å². The van der Waals surface area contributed by atoms with E-state index in [1.165, 1.54) is 7.11 Å². The van der Waals surface area contributed by atoms with Crippen LogP contribution in [0.4, 0.5) is 0 Å². The number of dihydropyridines is 1. The number of carbonyl (C=O) groups excluding carboxylic acids is 2. The minimum absolute atomic E-state index is 0.103. The van der Waals surface area contributed by atoms with Gasteiger partial charge in [-0.1, -0.05) is 49.8 Å². The zero-order chi connectivity index (χ0) is 24.0. The second kappa shape index (κ2) is 8.32. The van der Waals surface area contributed by atoms with E-state index in [-0.39, 0.29) is 11.2 Å². The number of carbonyl (C=O) groups is 2. The maximum Gasteiger partial charge on any atom is 0.336 e. The zero-order valence-corrected chi connectivity index (χ0v) is 20.1. The number of fused-ring (bicyclic) bond motifs is 1. The van der Waals surface area contributed by atoms with Gasteiger partial charge in [0.2, 0.25) is 0 Å². The molecule has 1 aliphatic heterocycles. The van der Waals surface area contributed by atoms with E-state index in [0.717, 1.165) is 45.4 Å². The number of benzene rings is 1. The topological polar surface area (TPSA) is 71.2 Å². The van der Waals surface area contributed by atoms with E-state index in [0.29, 0.717) is 24.0 Å². The summed E-state index contributed by atoms with van der Waals surface area (Å²) in [6, 6.07) is 8.40. The number of rotatable bonds is 3. The van der Waals surface area contributed by atoms with Crippen molar-refractivity contribution >= 4 is 28.2 Å². The number of hydrogen-bond acceptors (Lipinski definition) is 4. The monoisotopic (exact) mass is 454 g/mol. The maximum absolute atomic E-state index is 13.5. The number of allylic oxidation sites excluding steroid dienone is 9. The molecule has 5 heteroatoms. The molecule has 5 nitrogen and oxygen atoms in total. The molecule has 1 atom stereocenters. The van der Waals surface area contributed by atoms with Crippen LogP contribution in [-0.2, 0) is 14.3 Å². The molecule has 0 bridgehead atoms. The molecule has 2 aromatic rings. The molecule has 0 radical (unpaired) electrons. The SMILES string of the molecule is COC(=O)C1=C(C)NC2=C(C(=O)CC(C)(C)C2)C1C1=CC(c2ccc3[nH]ccc3c2)=CC=CC1. The number of aromatic amines is 1. The molecule has 34 heavy (non-hydrogen) atoms. The molecule has 0 fully saturated rings. The van der Waals surface area contributed by atoms with Gasteiger partial charge in [0.25, 0.3) is 0 Å². The fourth-order valence-corrected chi connectivity index (χ4v) is 5.48.